The lowest BCUT2D eigenvalue weighted by molar-refractivity contribution is 0.414. The Morgan fingerprint density at radius 3 is 2.86 bits per heavy atom. The van der Waals surface area contributed by atoms with Crippen LogP contribution in [0.5, 0.6) is 5.75 Å². The Kier molecular flexibility index (Phi) is 7.17. The summed E-state index contributed by atoms with van der Waals surface area (Å²) in [5.41, 5.74) is 1.86. The molecule has 21 heavy (non-hydrogen) atoms. The summed E-state index contributed by atoms with van der Waals surface area (Å²) in [5, 5.41) is 3.20. The highest BCUT2D eigenvalue weighted by molar-refractivity contribution is 7.88. The second-order valence-corrected chi connectivity index (χ2v) is 6.56. The van der Waals surface area contributed by atoms with Gasteiger partial charge in [-0.05, 0) is 30.7 Å². The lowest BCUT2D eigenvalue weighted by Gasteiger charge is -2.14. The van der Waals surface area contributed by atoms with Gasteiger partial charge in [0.25, 0.3) is 0 Å². The van der Waals surface area contributed by atoms with Crippen LogP contribution in [0.1, 0.15) is 12.0 Å². The average molecular weight is 333 g/mol. The number of nitrogens with one attached hydrogen (secondary N) is 2. The normalized spacial score (nSPS) is 15.0. The van der Waals surface area contributed by atoms with Gasteiger partial charge in [0.05, 0.1) is 12.9 Å². The Morgan fingerprint density at radius 1 is 1.38 bits per heavy atom. The first kappa shape index (κ1) is 18.0. The Hall–Kier alpha value is -1.08. The van der Waals surface area contributed by atoms with Crippen LogP contribution in [0.25, 0.3) is 0 Å². The molecule has 0 aliphatic carbocycles. The third kappa shape index (κ3) is 6.05. The van der Waals surface area contributed by atoms with Gasteiger partial charge in [0.1, 0.15) is 5.75 Å². The van der Waals surface area contributed by atoms with Crippen molar-refractivity contribution in [2.45, 2.75) is 12.2 Å². The van der Waals surface area contributed by atoms with Gasteiger partial charge in [-0.2, -0.15) is 0 Å². The molecule has 0 saturated heterocycles. The molecule has 1 aliphatic rings. The molecule has 0 bridgehead atoms. The highest BCUT2D eigenvalue weighted by Gasteiger charge is 2.13. The van der Waals surface area contributed by atoms with Crippen LogP contribution in [0.2, 0.25) is 0 Å². The molecule has 2 rings (SSSR count). The number of sulfonamides is 1. The molecule has 0 unspecified atom stereocenters. The van der Waals surface area contributed by atoms with E-state index in [0.29, 0.717) is 12.3 Å². The summed E-state index contributed by atoms with van der Waals surface area (Å²) in [6, 6.07) is 7.11. The molecule has 1 aromatic rings. The quantitative estimate of drug-likeness (QED) is 0.774. The maximum Gasteiger partial charge on any atom is 0.216 e. The predicted molar refractivity (Wildman–Crippen MR) is 86.4 cm³/mol. The number of benzene rings is 1. The third-order valence-electron chi connectivity index (χ3n) is 3.17. The number of rotatable bonds is 6. The molecule has 0 fully saturated rings. The molecule has 1 aliphatic heterocycles. The summed E-state index contributed by atoms with van der Waals surface area (Å²) in [5.74, 6) is 0.634. The van der Waals surface area contributed by atoms with Crippen LogP contribution in [-0.2, 0) is 15.8 Å². The van der Waals surface area contributed by atoms with E-state index in [1.165, 1.54) is 0 Å². The summed E-state index contributed by atoms with van der Waals surface area (Å²) in [6.07, 6.45) is 2.93. The molecule has 0 saturated carbocycles. The number of methoxy groups -OCH3 is 1. The second kappa shape index (κ2) is 8.38. The summed E-state index contributed by atoms with van der Waals surface area (Å²) in [6.45, 7) is 2.12. The molecule has 0 radical (unpaired) electrons. The Bertz CT molecular complexity index is 588. The molecule has 118 valence electrons. The predicted octanol–water partition coefficient (Wildman–Crippen LogP) is 1.46. The molecule has 7 heteroatoms. The van der Waals surface area contributed by atoms with E-state index in [1.807, 2.05) is 6.08 Å². The van der Waals surface area contributed by atoms with E-state index in [2.05, 4.69) is 10.0 Å². The van der Waals surface area contributed by atoms with Crippen molar-refractivity contribution >= 4 is 22.4 Å². The fraction of sp³-hybridized carbons (Fsp3) is 0.429. The topological polar surface area (TPSA) is 67.4 Å². The number of hydrogen-bond acceptors (Lipinski definition) is 4. The third-order valence-corrected chi connectivity index (χ3v) is 4.47. The summed E-state index contributed by atoms with van der Waals surface area (Å²) in [7, 11) is -1.76. The van der Waals surface area contributed by atoms with Crippen molar-refractivity contribution in [2.75, 3.05) is 26.7 Å². The molecule has 1 heterocycles. The van der Waals surface area contributed by atoms with Crippen molar-refractivity contribution < 1.29 is 13.2 Å². The lowest BCUT2D eigenvalue weighted by Crippen LogP contribution is -2.30. The van der Waals surface area contributed by atoms with E-state index in [4.69, 9.17) is 4.74 Å². The van der Waals surface area contributed by atoms with Crippen molar-refractivity contribution in [1.82, 2.24) is 10.0 Å². The standard InChI is InChI=1S/C14H20N2O3S.ClH/c1-19-14-4-2-3-13(9-14)11-20(17,18)16-10-12-5-7-15-8-6-12;/h2-5,9,15-16H,6-8,10-11H2,1H3;1H. The second-order valence-electron chi connectivity index (χ2n) is 4.75. The zero-order valence-corrected chi connectivity index (χ0v) is 13.6. The fourth-order valence-electron chi connectivity index (χ4n) is 2.07. The van der Waals surface area contributed by atoms with Crippen LogP contribution in [0, 0.1) is 0 Å². The van der Waals surface area contributed by atoms with Crippen LogP contribution < -0.4 is 14.8 Å². The fourth-order valence-corrected chi connectivity index (χ4v) is 3.19. The van der Waals surface area contributed by atoms with Crippen molar-refractivity contribution in [3.05, 3.63) is 41.5 Å². The largest absolute Gasteiger partial charge is 0.497 e. The molecular formula is C14H21ClN2O3S. The molecule has 0 aromatic heterocycles. The maximum atomic E-state index is 12.0. The van der Waals surface area contributed by atoms with Gasteiger partial charge in [-0.25, -0.2) is 13.1 Å². The number of hydrogen-bond donors (Lipinski definition) is 2. The molecule has 2 N–H and O–H groups in total. The van der Waals surface area contributed by atoms with Crippen molar-refractivity contribution in [1.29, 1.82) is 0 Å². The van der Waals surface area contributed by atoms with Crippen molar-refractivity contribution in [3.8, 4) is 5.75 Å². The molecule has 1 aromatic carbocycles. The van der Waals surface area contributed by atoms with Crippen molar-refractivity contribution in [2.24, 2.45) is 0 Å². The Labute approximate surface area is 132 Å². The summed E-state index contributed by atoms with van der Waals surface area (Å²) in [4.78, 5) is 0. The number of halogens is 1. The van der Waals surface area contributed by atoms with Gasteiger partial charge in [-0.1, -0.05) is 23.8 Å². The zero-order valence-electron chi connectivity index (χ0n) is 12.0. The van der Waals surface area contributed by atoms with Gasteiger partial charge < -0.3 is 10.1 Å². The van der Waals surface area contributed by atoms with E-state index >= 15 is 0 Å². The molecular weight excluding hydrogens is 312 g/mol. The molecule has 0 amide bonds. The minimum absolute atomic E-state index is 0. The first-order valence-corrected chi connectivity index (χ1v) is 8.23. The molecule has 0 spiro atoms. The van der Waals surface area contributed by atoms with E-state index < -0.39 is 10.0 Å². The van der Waals surface area contributed by atoms with Gasteiger partial charge >= 0.3 is 0 Å². The maximum absolute atomic E-state index is 12.0. The monoisotopic (exact) mass is 332 g/mol. The van der Waals surface area contributed by atoms with E-state index in [1.54, 1.807) is 31.4 Å². The minimum atomic E-state index is -3.33. The molecule has 5 nitrogen and oxygen atoms in total. The van der Waals surface area contributed by atoms with Gasteiger partial charge in [-0.15, -0.1) is 12.4 Å². The van der Waals surface area contributed by atoms with Crippen LogP contribution in [0.4, 0.5) is 0 Å². The zero-order chi connectivity index (χ0) is 14.4. The summed E-state index contributed by atoms with van der Waals surface area (Å²) >= 11 is 0. The Morgan fingerprint density at radius 2 is 2.19 bits per heavy atom. The van der Waals surface area contributed by atoms with Gasteiger partial charge in [0, 0.05) is 13.1 Å². The lowest BCUT2D eigenvalue weighted by atomic mass is 10.1. The first-order valence-electron chi connectivity index (χ1n) is 6.58. The van der Waals surface area contributed by atoms with Gasteiger partial charge in [-0.3, -0.25) is 0 Å². The summed E-state index contributed by atoms with van der Waals surface area (Å²) < 4.78 is 31.8. The van der Waals surface area contributed by atoms with Crippen LogP contribution in [0.3, 0.4) is 0 Å². The smallest absolute Gasteiger partial charge is 0.216 e. The van der Waals surface area contributed by atoms with Crippen molar-refractivity contribution in [3.63, 3.8) is 0 Å². The number of ether oxygens (including phenoxy) is 1. The van der Waals surface area contributed by atoms with Crippen LogP contribution in [-0.4, -0.2) is 35.2 Å². The van der Waals surface area contributed by atoms with E-state index in [0.717, 1.165) is 30.6 Å². The highest BCUT2D eigenvalue weighted by atomic mass is 35.5. The molecule has 0 atom stereocenters. The van der Waals surface area contributed by atoms with E-state index in [-0.39, 0.29) is 18.2 Å². The average Bonchev–Trinajstić information content (AvgIpc) is 2.46. The Balaban J connectivity index is 0.00000220. The first-order chi connectivity index (χ1) is 9.59. The van der Waals surface area contributed by atoms with Gasteiger partial charge in [0.2, 0.25) is 10.0 Å². The highest BCUT2D eigenvalue weighted by Crippen LogP contribution is 2.14. The SMILES string of the molecule is COc1cccc(CS(=O)(=O)NCC2=CCNCC2)c1.Cl. The van der Waals surface area contributed by atoms with E-state index in [9.17, 15) is 8.42 Å². The van der Waals surface area contributed by atoms with Gasteiger partial charge in [0.15, 0.2) is 0 Å². The minimum Gasteiger partial charge on any atom is -0.497 e. The van der Waals surface area contributed by atoms with Crippen LogP contribution in [0.15, 0.2) is 35.9 Å². The van der Waals surface area contributed by atoms with Crippen LogP contribution >= 0.6 is 12.4 Å².